The lowest BCUT2D eigenvalue weighted by Crippen LogP contribution is -2.41. The maximum atomic E-state index is 12.1. The summed E-state index contributed by atoms with van der Waals surface area (Å²) in [5, 5.41) is 5.50. The zero-order chi connectivity index (χ0) is 19.2. The first-order valence-corrected chi connectivity index (χ1v) is 9.94. The first kappa shape index (κ1) is 19.9. The molecule has 2 amide bonds. The molecule has 2 aromatic carbocycles. The van der Waals surface area contributed by atoms with Crippen molar-refractivity contribution in [3.8, 4) is 0 Å². The van der Waals surface area contributed by atoms with Crippen molar-refractivity contribution in [1.82, 2.24) is 15.4 Å². The number of nitrogens with one attached hydrogen (secondary N) is 3. The van der Waals surface area contributed by atoms with Gasteiger partial charge in [0.1, 0.15) is 0 Å². The standard InChI is InChI=1S/C19H25N3O3S/c1-14-8-10-17(11-9-14)26(24,25)21-13-12-20-19(23)22-16(3)18-7-5-4-6-15(18)2/h4-11,16,21H,12-13H2,1-3H3,(H2,20,22,23)/t16-/m1/s1. The van der Waals surface area contributed by atoms with Gasteiger partial charge in [-0.1, -0.05) is 42.0 Å². The Kier molecular flexibility index (Phi) is 6.76. The zero-order valence-corrected chi connectivity index (χ0v) is 16.1. The largest absolute Gasteiger partial charge is 0.337 e. The summed E-state index contributed by atoms with van der Waals surface area (Å²) in [5.41, 5.74) is 3.14. The molecule has 3 N–H and O–H groups in total. The van der Waals surface area contributed by atoms with Crippen LogP contribution in [0.5, 0.6) is 0 Å². The molecule has 0 aliphatic carbocycles. The lowest BCUT2D eigenvalue weighted by atomic mass is 10.0. The van der Waals surface area contributed by atoms with E-state index in [1.165, 1.54) is 0 Å². The van der Waals surface area contributed by atoms with Crippen molar-refractivity contribution in [3.05, 3.63) is 65.2 Å². The molecule has 0 heterocycles. The minimum Gasteiger partial charge on any atom is -0.337 e. The number of rotatable bonds is 7. The fourth-order valence-corrected chi connectivity index (χ4v) is 3.59. The fraction of sp³-hybridized carbons (Fsp3) is 0.316. The lowest BCUT2D eigenvalue weighted by molar-refractivity contribution is 0.238. The second-order valence-corrected chi connectivity index (χ2v) is 7.96. The van der Waals surface area contributed by atoms with E-state index in [1.807, 2.05) is 45.0 Å². The Balaban J connectivity index is 1.78. The van der Waals surface area contributed by atoms with Gasteiger partial charge in [-0.05, 0) is 44.0 Å². The van der Waals surface area contributed by atoms with Gasteiger partial charge in [0.15, 0.2) is 0 Å². The highest BCUT2D eigenvalue weighted by Gasteiger charge is 2.14. The molecular formula is C19H25N3O3S. The monoisotopic (exact) mass is 375 g/mol. The minimum atomic E-state index is -3.57. The van der Waals surface area contributed by atoms with Gasteiger partial charge < -0.3 is 10.6 Å². The van der Waals surface area contributed by atoms with Crippen molar-refractivity contribution in [3.63, 3.8) is 0 Å². The number of benzene rings is 2. The van der Waals surface area contributed by atoms with E-state index in [0.29, 0.717) is 0 Å². The average molecular weight is 375 g/mol. The maximum Gasteiger partial charge on any atom is 0.315 e. The summed E-state index contributed by atoms with van der Waals surface area (Å²) in [7, 11) is -3.57. The summed E-state index contributed by atoms with van der Waals surface area (Å²) in [6, 6.07) is 14.0. The second-order valence-electron chi connectivity index (χ2n) is 6.19. The van der Waals surface area contributed by atoms with Crippen LogP contribution < -0.4 is 15.4 Å². The molecular weight excluding hydrogens is 350 g/mol. The predicted octanol–water partition coefficient (Wildman–Crippen LogP) is 2.64. The highest BCUT2D eigenvalue weighted by molar-refractivity contribution is 7.89. The third kappa shape index (κ3) is 5.57. The van der Waals surface area contributed by atoms with E-state index in [4.69, 9.17) is 0 Å². The first-order valence-electron chi connectivity index (χ1n) is 8.46. The number of amides is 2. The molecule has 0 saturated heterocycles. The van der Waals surface area contributed by atoms with E-state index >= 15 is 0 Å². The number of carbonyl (C=O) groups is 1. The van der Waals surface area contributed by atoms with Crippen LogP contribution in [0.3, 0.4) is 0 Å². The lowest BCUT2D eigenvalue weighted by Gasteiger charge is -2.17. The zero-order valence-electron chi connectivity index (χ0n) is 15.2. The van der Waals surface area contributed by atoms with Gasteiger partial charge in [0.25, 0.3) is 0 Å². The molecule has 140 valence electrons. The molecule has 0 bridgehead atoms. The smallest absolute Gasteiger partial charge is 0.315 e. The van der Waals surface area contributed by atoms with E-state index < -0.39 is 10.0 Å². The van der Waals surface area contributed by atoms with Crippen LogP contribution in [-0.4, -0.2) is 27.5 Å². The molecule has 7 heteroatoms. The van der Waals surface area contributed by atoms with Crippen molar-refractivity contribution < 1.29 is 13.2 Å². The van der Waals surface area contributed by atoms with Crippen LogP contribution in [0, 0.1) is 13.8 Å². The summed E-state index contributed by atoms with van der Waals surface area (Å²) in [5.74, 6) is 0. The molecule has 26 heavy (non-hydrogen) atoms. The van der Waals surface area contributed by atoms with Crippen molar-refractivity contribution in [2.75, 3.05) is 13.1 Å². The van der Waals surface area contributed by atoms with Crippen LogP contribution in [0.15, 0.2) is 53.4 Å². The Bertz CT molecular complexity index is 849. The van der Waals surface area contributed by atoms with Crippen LogP contribution in [-0.2, 0) is 10.0 Å². The quantitative estimate of drug-likeness (QED) is 0.650. The summed E-state index contributed by atoms with van der Waals surface area (Å²) in [6.07, 6.45) is 0. The van der Waals surface area contributed by atoms with Gasteiger partial charge in [0.05, 0.1) is 10.9 Å². The molecule has 0 spiro atoms. The molecule has 0 aromatic heterocycles. The van der Waals surface area contributed by atoms with E-state index in [0.717, 1.165) is 16.7 Å². The van der Waals surface area contributed by atoms with Gasteiger partial charge in [-0.3, -0.25) is 0 Å². The number of urea groups is 1. The van der Waals surface area contributed by atoms with E-state index in [9.17, 15) is 13.2 Å². The summed E-state index contributed by atoms with van der Waals surface area (Å²) in [6.45, 7) is 6.09. The number of sulfonamides is 1. The normalized spacial score (nSPS) is 12.4. The van der Waals surface area contributed by atoms with Crippen molar-refractivity contribution in [2.24, 2.45) is 0 Å². The van der Waals surface area contributed by atoms with E-state index in [-0.39, 0.29) is 30.1 Å². The molecule has 0 fully saturated rings. The van der Waals surface area contributed by atoms with E-state index in [2.05, 4.69) is 15.4 Å². The van der Waals surface area contributed by atoms with Crippen LogP contribution in [0.25, 0.3) is 0 Å². The van der Waals surface area contributed by atoms with Crippen molar-refractivity contribution in [1.29, 1.82) is 0 Å². The average Bonchev–Trinajstić information content (AvgIpc) is 2.59. The Labute approximate surface area is 155 Å². The molecule has 0 saturated carbocycles. The van der Waals surface area contributed by atoms with Crippen LogP contribution in [0.2, 0.25) is 0 Å². The first-order chi connectivity index (χ1) is 12.3. The Morgan fingerprint density at radius 3 is 2.31 bits per heavy atom. The summed E-state index contributed by atoms with van der Waals surface area (Å²) < 4.78 is 26.8. The highest BCUT2D eigenvalue weighted by Crippen LogP contribution is 2.16. The van der Waals surface area contributed by atoms with Gasteiger partial charge in [0.2, 0.25) is 10.0 Å². The van der Waals surface area contributed by atoms with Crippen LogP contribution in [0.1, 0.15) is 29.7 Å². The fourth-order valence-electron chi connectivity index (χ4n) is 2.56. The summed E-state index contributed by atoms with van der Waals surface area (Å²) in [4.78, 5) is 12.2. The Morgan fingerprint density at radius 1 is 1.00 bits per heavy atom. The highest BCUT2D eigenvalue weighted by atomic mass is 32.2. The number of hydrogen-bond donors (Lipinski definition) is 3. The van der Waals surface area contributed by atoms with Gasteiger partial charge >= 0.3 is 6.03 Å². The SMILES string of the molecule is Cc1ccc(S(=O)(=O)NCCNC(=O)N[C@H](C)c2ccccc2C)cc1. The Morgan fingerprint density at radius 2 is 1.65 bits per heavy atom. The second kappa shape index (κ2) is 8.82. The molecule has 1 atom stereocenters. The van der Waals surface area contributed by atoms with Crippen LogP contribution in [0.4, 0.5) is 4.79 Å². The third-order valence-corrected chi connectivity index (χ3v) is 5.51. The number of carbonyl (C=O) groups excluding carboxylic acids is 1. The summed E-state index contributed by atoms with van der Waals surface area (Å²) >= 11 is 0. The third-order valence-electron chi connectivity index (χ3n) is 4.04. The molecule has 2 aromatic rings. The van der Waals surface area contributed by atoms with Crippen molar-refractivity contribution >= 4 is 16.1 Å². The molecule has 0 aliphatic heterocycles. The minimum absolute atomic E-state index is 0.113. The molecule has 0 radical (unpaired) electrons. The van der Waals surface area contributed by atoms with E-state index in [1.54, 1.807) is 24.3 Å². The molecule has 2 rings (SSSR count). The Hall–Kier alpha value is -2.38. The topological polar surface area (TPSA) is 87.3 Å². The molecule has 0 unspecified atom stereocenters. The van der Waals surface area contributed by atoms with Crippen molar-refractivity contribution in [2.45, 2.75) is 31.7 Å². The molecule has 6 nitrogen and oxygen atoms in total. The van der Waals surface area contributed by atoms with Gasteiger partial charge in [-0.15, -0.1) is 0 Å². The number of aryl methyl sites for hydroxylation is 2. The van der Waals surface area contributed by atoms with Crippen LogP contribution >= 0.6 is 0 Å². The predicted molar refractivity (Wildman–Crippen MR) is 102 cm³/mol. The van der Waals surface area contributed by atoms with Gasteiger partial charge in [0, 0.05) is 13.1 Å². The van der Waals surface area contributed by atoms with Gasteiger partial charge in [-0.2, -0.15) is 0 Å². The van der Waals surface area contributed by atoms with Gasteiger partial charge in [-0.25, -0.2) is 17.9 Å². The molecule has 0 aliphatic rings. The maximum absolute atomic E-state index is 12.1. The number of hydrogen-bond acceptors (Lipinski definition) is 3.